The van der Waals surface area contributed by atoms with Crippen molar-refractivity contribution in [1.29, 1.82) is 0 Å². The summed E-state index contributed by atoms with van der Waals surface area (Å²) in [6, 6.07) is 20.7. The van der Waals surface area contributed by atoms with E-state index in [4.69, 9.17) is 0 Å². The van der Waals surface area contributed by atoms with Crippen LogP contribution in [0, 0.1) is 0 Å². The molecule has 148 valence electrons. The molecule has 1 N–H and O–H groups in total. The molecule has 0 saturated carbocycles. The third kappa shape index (κ3) is 2.90. The average Bonchev–Trinajstić information content (AvgIpc) is 3.17. The van der Waals surface area contributed by atoms with E-state index in [9.17, 15) is 9.59 Å². The summed E-state index contributed by atoms with van der Waals surface area (Å²) in [5.41, 5.74) is 4.97. The van der Waals surface area contributed by atoms with Crippen LogP contribution in [0.15, 0.2) is 72.9 Å². The van der Waals surface area contributed by atoms with Gasteiger partial charge in [0.2, 0.25) is 0 Å². The SMILES string of the molecule is CC(=O)c1ccccc1C(=O)N1CCc2c([nH]c3ccccc23)[C@H]1c1ccccn1. The van der Waals surface area contributed by atoms with Crippen molar-refractivity contribution in [2.45, 2.75) is 19.4 Å². The number of aromatic amines is 1. The highest BCUT2D eigenvalue weighted by molar-refractivity contribution is 6.07. The molecule has 3 heterocycles. The largest absolute Gasteiger partial charge is 0.356 e. The Kier molecular flexibility index (Phi) is 4.43. The summed E-state index contributed by atoms with van der Waals surface area (Å²) in [6.07, 6.45) is 2.50. The minimum atomic E-state index is -0.338. The van der Waals surface area contributed by atoms with E-state index in [1.54, 1.807) is 30.5 Å². The monoisotopic (exact) mass is 395 g/mol. The molecular weight excluding hydrogens is 374 g/mol. The third-order valence-electron chi connectivity index (χ3n) is 5.80. The van der Waals surface area contributed by atoms with E-state index in [2.05, 4.69) is 22.1 Å². The van der Waals surface area contributed by atoms with Crippen LogP contribution < -0.4 is 0 Å². The van der Waals surface area contributed by atoms with Gasteiger partial charge in [0, 0.05) is 34.9 Å². The molecule has 5 rings (SSSR count). The molecular formula is C25H21N3O2. The van der Waals surface area contributed by atoms with Crippen LogP contribution in [0.25, 0.3) is 10.9 Å². The first-order chi connectivity index (χ1) is 14.6. The molecule has 4 aromatic rings. The first-order valence-electron chi connectivity index (χ1n) is 10.1. The van der Waals surface area contributed by atoms with E-state index in [0.29, 0.717) is 17.7 Å². The quantitative estimate of drug-likeness (QED) is 0.518. The first-order valence-corrected chi connectivity index (χ1v) is 10.1. The van der Waals surface area contributed by atoms with E-state index in [1.807, 2.05) is 35.2 Å². The summed E-state index contributed by atoms with van der Waals surface area (Å²) in [7, 11) is 0. The molecule has 5 nitrogen and oxygen atoms in total. The van der Waals surface area contributed by atoms with Gasteiger partial charge in [-0.15, -0.1) is 0 Å². The number of ketones is 1. The number of Topliss-reactive ketones (excluding diaryl/α,β-unsaturated/α-hetero) is 1. The predicted molar refractivity (Wildman–Crippen MR) is 116 cm³/mol. The van der Waals surface area contributed by atoms with Gasteiger partial charge in [-0.05, 0) is 43.2 Å². The van der Waals surface area contributed by atoms with Crippen molar-refractivity contribution in [3.63, 3.8) is 0 Å². The standard InChI is InChI=1S/C25H21N3O2/c1-16(29)17-8-2-3-10-20(17)25(30)28-15-13-19-18-9-4-5-11-21(18)27-23(19)24(28)22-12-6-7-14-26-22/h2-12,14,24,27H,13,15H2,1H3/t24-/m1/s1. The number of hydrogen-bond donors (Lipinski definition) is 1. The number of pyridine rings is 1. The number of carbonyl (C=O) groups is 2. The van der Waals surface area contributed by atoms with Gasteiger partial charge in [0.15, 0.2) is 5.78 Å². The lowest BCUT2D eigenvalue weighted by Crippen LogP contribution is -2.41. The maximum absolute atomic E-state index is 13.7. The molecule has 1 aliphatic rings. The van der Waals surface area contributed by atoms with Gasteiger partial charge in [0.25, 0.3) is 5.91 Å². The van der Waals surface area contributed by atoms with Gasteiger partial charge < -0.3 is 9.88 Å². The normalized spacial score (nSPS) is 15.8. The van der Waals surface area contributed by atoms with Crippen LogP contribution in [-0.2, 0) is 6.42 Å². The zero-order valence-corrected chi connectivity index (χ0v) is 16.6. The molecule has 2 aromatic carbocycles. The fraction of sp³-hybridized carbons (Fsp3) is 0.160. The number of nitrogens with zero attached hydrogens (tertiary/aromatic N) is 2. The molecule has 0 aliphatic carbocycles. The van der Waals surface area contributed by atoms with Crippen molar-refractivity contribution >= 4 is 22.6 Å². The highest BCUT2D eigenvalue weighted by Gasteiger charge is 2.36. The highest BCUT2D eigenvalue weighted by atomic mass is 16.2. The topological polar surface area (TPSA) is 66.1 Å². The fourth-order valence-corrected chi connectivity index (χ4v) is 4.44. The summed E-state index contributed by atoms with van der Waals surface area (Å²) in [5.74, 6) is -0.266. The molecule has 1 aliphatic heterocycles. The smallest absolute Gasteiger partial charge is 0.255 e. The van der Waals surface area contributed by atoms with Gasteiger partial charge in [-0.25, -0.2) is 0 Å². The van der Waals surface area contributed by atoms with Crippen molar-refractivity contribution in [1.82, 2.24) is 14.9 Å². The van der Waals surface area contributed by atoms with E-state index in [0.717, 1.165) is 23.3 Å². The first kappa shape index (κ1) is 18.3. The van der Waals surface area contributed by atoms with Gasteiger partial charge in [0.1, 0.15) is 6.04 Å². The highest BCUT2D eigenvalue weighted by Crippen LogP contribution is 2.38. The fourth-order valence-electron chi connectivity index (χ4n) is 4.44. The molecule has 1 amide bonds. The van der Waals surface area contributed by atoms with Crippen LogP contribution in [0.4, 0.5) is 0 Å². The number of H-pyrrole nitrogens is 1. The molecule has 0 fully saturated rings. The van der Waals surface area contributed by atoms with Gasteiger partial charge in [-0.2, -0.15) is 0 Å². The molecule has 0 unspecified atom stereocenters. The van der Waals surface area contributed by atoms with Crippen molar-refractivity contribution in [3.8, 4) is 0 Å². The Labute approximate surface area is 174 Å². The number of benzene rings is 2. The Hall–Kier alpha value is -3.73. The van der Waals surface area contributed by atoms with Crippen LogP contribution >= 0.6 is 0 Å². The molecule has 0 bridgehead atoms. The lowest BCUT2D eigenvalue weighted by Gasteiger charge is -2.36. The molecule has 0 radical (unpaired) electrons. The number of aromatic nitrogens is 2. The summed E-state index contributed by atoms with van der Waals surface area (Å²) in [6.45, 7) is 2.05. The van der Waals surface area contributed by atoms with Crippen molar-refractivity contribution in [2.75, 3.05) is 6.54 Å². The number of fused-ring (bicyclic) bond motifs is 3. The Balaban J connectivity index is 1.67. The van der Waals surface area contributed by atoms with Crippen LogP contribution in [0.1, 0.15) is 50.6 Å². The predicted octanol–water partition coefficient (Wildman–Crippen LogP) is 4.55. The Morgan fingerprint density at radius 1 is 0.967 bits per heavy atom. The Morgan fingerprint density at radius 2 is 1.70 bits per heavy atom. The maximum Gasteiger partial charge on any atom is 0.255 e. The van der Waals surface area contributed by atoms with Gasteiger partial charge in [0.05, 0.1) is 11.3 Å². The van der Waals surface area contributed by atoms with E-state index < -0.39 is 0 Å². The Bertz CT molecular complexity index is 1260. The van der Waals surface area contributed by atoms with E-state index in [-0.39, 0.29) is 17.7 Å². The zero-order valence-electron chi connectivity index (χ0n) is 16.6. The molecule has 30 heavy (non-hydrogen) atoms. The van der Waals surface area contributed by atoms with Crippen molar-refractivity contribution in [3.05, 3.63) is 101 Å². The summed E-state index contributed by atoms with van der Waals surface area (Å²) in [5, 5.41) is 1.18. The van der Waals surface area contributed by atoms with Crippen LogP contribution in [0.5, 0.6) is 0 Å². The summed E-state index contributed by atoms with van der Waals surface area (Å²) >= 11 is 0. The number of hydrogen-bond acceptors (Lipinski definition) is 3. The molecule has 0 spiro atoms. The molecule has 2 aromatic heterocycles. The summed E-state index contributed by atoms with van der Waals surface area (Å²) in [4.78, 5) is 35.7. The van der Waals surface area contributed by atoms with Gasteiger partial charge in [-0.3, -0.25) is 14.6 Å². The van der Waals surface area contributed by atoms with Crippen LogP contribution in [0.3, 0.4) is 0 Å². The van der Waals surface area contributed by atoms with Gasteiger partial charge >= 0.3 is 0 Å². The van der Waals surface area contributed by atoms with Crippen molar-refractivity contribution < 1.29 is 9.59 Å². The Morgan fingerprint density at radius 3 is 2.47 bits per heavy atom. The second-order valence-electron chi connectivity index (χ2n) is 7.57. The van der Waals surface area contributed by atoms with Crippen LogP contribution in [-0.4, -0.2) is 33.1 Å². The van der Waals surface area contributed by atoms with Gasteiger partial charge in [-0.1, -0.05) is 42.5 Å². The van der Waals surface area contributed by atoms with E-state index >= 15 is 0 Å². The molecule has 1 atom stereocenters. The second-order valence-corrected chi connectivity index (χ2v) is 7.57. The maximum atomic E-state index is 13.7. The number of para-hydroxylation sites is 1. The van der Waals surface area contributed by atoms with Crippen molar-refractivity contribution in [2.24, 2.45) is 0 Å². The number of carbonyl (C=O) groups excluding carboxylic acids is 2. The minimum absolute atomic E-state index is 0.114. The molecule has 5 heteroatoms. The summed E-state index contributed by atoms with van der Waals surface area (Å²) < 4.78 is 0. The molecule has 0 saturated heterocycles. The minimum Gasteiger partial charge on any atom is -0.356 e. The lowest BCUT2D eigenvalue weighted by atomic mass is 9.93. The number of nitrogens with one attached hydrogen (secondary N) is 1. The van der Waals surface area contributed by atoms with E-state index in [1.165, 1.54) is 17.9 Å². The zero-order chi connectivity index (χ0) is 20.7. The number of amides is 1. The lowest BCUT2D eigenvalue weighted by molar-refractivity contribution is 0.0684. The third-order valence-corrected chi connectivity index (χ3v) is 5.80. The second kappa shape index (κ2) is 7.26. The number of rotatable bonds is 3. The van der Waals surface area contributed by atoms with Crippen LogP contribution in [0.2, 0.25) is 0 Å². The average molecular weight is 395 g/mol.